The van der Waals surface area contributed by atoms with Gasteiger partial charge in [0.05, 0.1) is 11.5 Å². The minimum absolute atomic E-state index is 0.375. The Balaban J connectivity index is 2.42. The zero-order valence-electron chi connectivity index (χ0n) is 9.34. The normalized spacial score (nSPS) is 18.8. The van der Waals surface area contributed by atoms with Gasteiger partial charge >= 0.3 is 5.97 Å². The molecular formula is C12H13BrFNO2. The molecule has 0 aromatic heterocycles. The van der Waals surface area contributed by atoms with Crippen molar-refractivity contribution in [1.29, 1.82) is 0 Å². The second kappa shape index (κ2) is 4.38. The van der Waals surface area contributed by atoms with Gasteiger partial charge in [-0.05, 0) is 38.1 Å². The van der Waals surface area contributed by atoms with Gasteiger partial charge in [0.1, 0.15) is 5.82 Å². The predicted molar refractivity (Wildman–Crippen MR) is 65.2 cm³/mol. The van der Waals surface area contributed by atoms with Gasteiger partial charge in [0.25, 0.3) is 0 Å². The molecule has 1 aliphatic rings. The van der Waals surface area contributed by atoms with Gasteiger partial charge in [0.2, 0.25) is 0 Å². The fourth-order valence-electron chi connectivity index (χ4n) is 2.23. The molecule has 1 unspecified atom stereocenters. The first kappa shape index (κ1) is 12.5. The van der Waals surface area contributed by atoms with Gasteiger partial charge in [-0.1, -0.05) is 15.9 Å². The smallest absolute Gasteiger partial charge is 0.311 e. The Morgan fingerprint density at radius 3 is 2.71 bits per heavy atom. The topological polar surface area (TPSA) is 49.3 Å². The van der Waals surface area contributed by atoms with E-state index in [0.717, 1.165) is 4.47 Å². The SMILES string of the molecule is CNC(c1cc(Br)ccc1F)C1(C(=O)O)CC1. The summed E-state index contributed by atoms with van der Waals surface area (Å²) in [6.45, 7) is 0. The number of benzene rings is 1. The zero-order chi connectivity index (χ0) is 12.6. The monoisotopic (exact) mass is 301 g/mol. The Bertz CT molecular complexity index is 460. The molecule has 0 heterocycles. The second-order valence-corrected chi connectivity index (χ2v) is 5.26. The number of aliphatic carboxylic acids is 1. The molecule has 2 rings (SSSR count). The molecule has 0 saturated heterocycles. The van der Waals surface area contributed by atoms with Crippen molar-refractivity contribution in [2.75, 3.05) is 7.05 Å². The van der Waals surface area contributed by atoms with Gasteiger partial charge in [0.15, 0.2) is 0 Å². The largest absolute Gasteiger partial charge is 0.481 e. The lowest BCUT2D eigenvalue weighted by Crippen LogP contribution is -2.33. The fraction of sp³-hybridized carbons (Fsp3) is 0.417. The molecule has 0 aliphatic heterocycles. The van der Waals surface area contributed by atoms with Crippen molar-refractivity contribution in [3.05, 3.63) is 34.1 Å². The average Bonchev–Trinajstić information content (AvgIpc) is 3.06. The molecule has 0 radical (unpaired) electrons. The molecule has 1 aromatic carbocycles. The van der Waals surface area contributed by atoms with Crippen molar-refractivity contribution in [1.82, 2.24) is 5.32 Å². The number of hydrogen-bond donors (Lipinski definition) is 2. The maximum Gasteiger partial charge on any atom is 0.311 e. The van der Waals surface area contributed by atoms with Crippen molar-refractivity contribution >= 4 is 21.9 Å². The molecule has 1 fully saturated rings. The number of rotatable bonds is 4. The van der Waals surface area contributed by atoms with Gasteiger partial charge in [-0.25, -0.2) is 4.39 Å². The van der Waals surface area contributed by atoms with Crippen molar-refractivity contribution in [2.24, 2.45) is 5.41 Å². The lowest BCUT2D eigenvalue weighted by molar-refractivity contribution is -0.144. The predicted octanol–water partition coefficient (Wildman–Crippen LogP) is 2.71. The summed E-state index contributed by atoms with van der Waals surface area (Å²) in [6.07, 6.45) is 1.17. The van der Waals surface area contributed by atoms with Crippen LogP contribution in [0.5, 0.6) is 0 Å². The summed E-state index contributed by atoms with van der Waals surface area (Å²) in [5, 5.41) is 12.2. The van der Waals surface area contributed by atoms with Crippen LogP contribution >= 0.6 is 15.9 Å². The van der Waals surface area contributed by atoms with Gasteiger partial charge in [0, 0.05) is 10.0 Å². The van der Waals surface area contributed by atoms with E-state index in [1.54, 1.807) is 19.2 Å². The van der Waals surface area contributed by atoms with E-state index in [4.69, 9.17) is 0 Å². The highest BCUT2D eigenvalue weighted by Crippen LogP contribution is 2.55. The number of carboxylic acid groups (broad SMARTS) is 1. The van der Waals surface area contributed by atoms with Crippen molar-refractivity contribution in [3.63, 3.8) is 0 Å². The molecular weight excluding hydrogens is 289 g/mol. The molecule has 0 bridgehead atoms. The Morgan fingerprint density at radius 1 is 1.59 bits per heavy atom. The minimum Gasteiger partial charge on any atom is -0.481 e. The number of nitrogens with one attached hydrogen (secondary N) is 1. The van der Waals surface area contributed by atoms with Crippen LogP contribution in [0.1, 0.15) is 24.4 Å². The van der Waals surface area contributed by atoms with Crippen molar-refractivity contribution in [3.8, 4) is 0 Å². The maximum atomic E-state index is 13.8. The second-order valence-electron chi connectivity index (χ2n) is 4.35. The standard InChI is InChI=1S/C12H13BrFNO2/c1-15-10(12(4-5-12)11(16)17)8-6-7(13)2-3-9(8)14/h2-3,6,10,15H,4-5H2,1H3,(H,16,17). The highest BCUT2D eigenvalue weighted by atomic mass is 79.9. The molecule has 1 aliphatic carbocycles. The first-order chi connectivity index (χ1) is 8.01. The van der Waals surface area contributed by atoms with Crippen LogP contribution in [0.4, 0.5) is 4.39 Å². The number of halogens is 2. The molecule has 1 saturated carbocycles. The third kappa shape index (κ3) is 2.09. The number of hydrogen-bond acceptors (Lipinski definition) is 2. The summed E-state index contributed by atoms with van der Waals surface area (Å²) < 4.78 is 14.5. The molecule has 3 nitrogen and oxygen atoms in total. The maximum absolute atomic E-state index is 13.8. The molecule has 17 heavy (non-hydrogen) atoms. The Labute approximate surface area is 107 Å². The molecule has 0 amide bonds. The molecule has 5 heteroatoms. The summed E-state index contributed by atoms with van der Waals surface area (Å²) in [7, 11) is 1.66. The first-order valence-corrected chi connectivity index (χ1v) is 6.16. The Morgan fingerprint density at radius 2 is 2.24 bits per heavy atom. The summed E-state index contributed by atoms with van der Waals surface area (Å²) >= 11 is 3.28. The van der Waals surface area contributed by atoms with Crippen LogP contribution in [0.3, 0.4) is 0 Å². The Kier molecular flexibility index (Phi) is 3.23. The van der Waals surface area contributed by atoms with Gasteiger partial charge in [-0.2, -0.15) is 0 Å². The number of carbonyl (C=O) groups is 1. The highest BCUT2D eigenvalue weighted by molar-refractivity contribution is 9.10. The third-order valence-electron chi connectivity index (χ3n) is 3.32. The van der Waals surface area contributed by atoms with E-state index < -0.39 is 17.4 Å². The van der Waals surface area contributed by atoms with E-state index in [1.165, 1.54) is 6.07 Å². The average molecular weight is 302 g/mol. The minimum atomic E-state index is -0.865. The molecule has 1 aromatic rings. The van der Waals surface area contributed by atoms with E-state index in [2.05, 4.69) is 21.2 Å². The van der Waals surface area contributed by atoms with Crippen molar-refractivity contribution < 1.29 is 14.3 Å². The van der Waals surface area contributed by atoms with Gasteiger partial charge in [-0.3, -0.25) is 4.79 Å². The fourth-order valence-corrected chi connectivity index (χ4v) is 2.60. The Hall–Kier alpha value is -0.940. The first-order valence-electron chi connectivity index (χ1n) is 5.37. The van der Waals surface area contributed by atoms with Gasteiger partial charge in [-0.15, -0.1) is 0 Å². The summed E-state index contributed by atoms with van der Waals surface area (Å²) in [5.41, 5.74) is -0.446. The van der Waals surface area contributed by atoms with E-state index in [9.17, 15) is 14.3 Å². The van der Waals surface area contributed by atoms with Crippen LogP contribution in [-0.2, 0) is 4.79 Å². The van der Waals surface area contributed by atoms with Crippen LogP contribution in [0, 0.1) is 11.2 Å². The molecule has 2 N–H and O–H groups in total. The van der Waals surface area contributed by atoms with Crippen LogP contribution < -0.4 is 5.32 Å². The lowest BCUT2D eigenvalue weighted by Gasteiger charge is -2.24. The molecule has 92 valence electrons. The van der Waals surface area contributed by atoms with E-state index in [-0.39, 0.29) is 5.82 Å². The summed E-state index contributed by atoms with van der Waals surface area (Å²) in [4.78, 5) is 11.3. The van der Waals surface area contributed by atoms with Crippen molar-refractivity contribution in [2.45, 2.75) is 18.9 Å². The third-order valence-corrected chi connectivity index (χ3v) is 3.82. The quantitative estimate of drug-likeness (QED) is 0.899. The summed E-state index contributed by atoms with van der Waals surface area (Å²) in [5.74, 6) is -1.24. The van der Waals surface area contributed by atoms with Crippen LogP contribution in [0.25, 0.3) is 0 Å². The van der Waals surface area contributed by atoms with E-state index in [0.29, 0.717) is 18.4 Å². The number of carboxylic acids is 1. The van der Waals surface area contributed by atoms with E-state index >= 15 is 0 Å². The zero-order valence-corrected chi connectivity index (χ0v) is 10.9. The van der Waals surface area contributed by atoms with Crippen LogP contribution in [0.2, 0.25) is 0 Å². The highest BCUT2D eigenvalue weighted by Gasteiger charge is 2.56. The van der Waals surface area contributed by atoms with E-state index in [1.807, 2.05) is 0 Å². The summed E-state index contributed by atoms with van der Waals surface area (Å²) in [6, 6.07) is 4.10. The van der Waals surface area contributed by atoms with Gasteiger partial charge < -0.3 is 10.4 Å². The lowest BCUT2D eigenvalue weighted by atomic mass is 9.90. The van der Waals surface area contributed by atoms with Crippen LogP contribution in [-0.4, -0.2) is 18.1 Å². The molecule has 0 spiro atoms. The molecule has 1 atom stereocenters. The van der Waals surface area contributed by atoms with Crippen LogP contribution in [0.15, 0.2) is 22.7 Å².